The molecule has 0 aliphatic carbocycles. The minimum absolute atomic E-state index is 0.898. The maximum Gasteiger partial charge on any atom is 0.0569 e. The maximum atomic E-state index is 4.03. The van der Waals surface area contributed by atoms with Gasteiger partial charge in [-0.05, 0) is 18.2 Å². The van der Waals surface area contributed by atoms with Gasteiger partial charge < -0.3 is 10.6 Å². The summed E-state index contributed by atoms with van der Waals surface area (Å²) in [5, 5.41) is 6.37. The van der Waals surface area contributed by atoms with E-state index in [9.17, 15) is 0 Å². The lowest BCUT2D eigenvalue weighted by Crippen LogP contribution is -2.13. The molecule has 1 aromatic heterocycles. The summed E-state index contributed by atoms with van der Waals surface area (Å²) in [7, 11) is 1.91. The molecule has 1 rings (SSSR count). The molecule has 66 valence electrons. The summed E-state index contributed by atoms with van der Waals surface area (Å²) < 4.78 is 0. The number of nitrogens with one attached hydrogen (secondary N) is 2. The quantitative estimate of drug-likeness (QED) is 0.704. The van der Waals surface area contributed by atoms with Crippen LogP contribution >= 0.6 is 0 Å². The Bertz CT molecular complexity index is 235. The lowest BCUT2D eigenvalue weighted by Gasteiger charge is -2.07. The molecule has 0 saturated heterocycles. The summed E-state index contributed by atoms with van der Waals surface area (Å²) in [4.78, 5) is 4.03. The van der Waals surface area contributed by atoms with E-state index in [1.165, 1.54) is 5.56 Å². The van der Waals surface area contributed by atoms with E-state index in [0.29, 0.717) is 0 Å². The second-order valence-corrected chi connectivity index (χ2v) is 2.56. The highest BCUT2D eigenvalue weighted by Crippen LogP contribution is 2.11. The smallest absolute Gasteiger partial charge is 0.0569 e. The highest BCUT2D eigenvalue weighted by molar-refractivity contribution is 5.48. The molecule has 12 heavy (non-hydrogen) atoms. The van der Waals surface area contributed by atoms with Crippen molar-refractivity contribution >= 4 is 5.69 Å². The monoisotopic (exact) mass is 165 g/mol. The molecule has 3 heteroatoms. The standard InChI is InChI=1S/C9H15N3/c1-3-11-6-8-4-5-12-7-9(8)10-2/h4-5,7,10-11H,3,6H2,1-2H3. The molecule has 0 aliphatic heterocycles. The molecule has 0 aliphatic rings. The molecule has 3 nitrogen and oxygen atoms in total. The summed E-state index contributed by atoms with van der Waals surface area (Å²) >= 11 is 0. The van der Waals surface area contributed by atoms with Crippen LogP contribution in [0.5, 0.6) is 0 Å². The predicted molar refractivity (Wildman–Crippen MR) is 51.2 cm³/mol. The van der Waals surface area contributed by atoms with Gasteiger partial charge in [-0.1, -0.05) is 6.92 Å². The Labute approximate surface area is 73.2 Å². The largest absolute Gasteiger partial charge is 0.387 e. The molecule has 0 aromatic carbocycles. The van der Waals surface area contributed by atoms with Gasteiger partial charge >= 0.3 is 0 Å². The van der Waals surface area contributed by atoms with Crippen molar-refractivity contribution in [2.45, 2.75) is 13.5 Å². The van der Waals surface area contributed by atoms with E-state index in [2.05, 4.69) is 22.5 Å². The third-order valence-electron chi connectivity index (χ3n) is 1.75. The Hall–Kier alpha value is -1.09. The van der Waals surface area contributed by atoms with Crippen molar-refractivity contribution in [1.29, 1.82) is 0 Å². The van der Waals surface area contributed by atoms with Crippen LogP contribution in [0.3, 0.4) is 0 Å². The van der Waals surface area contributed by atoms with E-state index in [0.717, 1.165) is 18.8 Å². The van der Waals surface area contributed by atoms with Gasteiger partial charge in [0, 0.05) is 19.8 Å². The molecule has 0 saturated carbocycles. The lowest BCUT2D eigenvalue weighted by molar-refractivity contribution is 0.727. The van der Waals surface area contributed by atoms with Crippen LogP contribution in [0, 0.1) is 0 Å². The number of rotatable bonds is 4. The fourth-order valence-corrected chi connectivity index (χ4v) is 1.06. The lowest BCUT2D eigenvalue weighted by atomic mass is 10.2. The van der Waals surface area contributed by atoms with Gasteiger partial charge in [0.15, 0.2) is 0 Å². The van der Waals surface area contributed by atoms with Gasteiger partial charge in [0.2, 0.25) is 0 Å². The number of aromatic nitrogens is 1. The second kappa shape index (κ2) is 4.72. The molecule has 1 aromatic rings. The van der Waals surface area contributed by atoms with Crippen molar-refractivity contribution in [1.82, 2.24) is 10.3 Å². The van der Waals surface area contributed by atoms with Gasteiger partial charge in [-0.3, -0.25) is 4.98 Å². The molecule has 0 unspecified atom stereocenters. The van der Waals surface area contributed by atoms with Crippen LogP contribution in [0.2, 0.25) is 0 Å². The average molecular weight is 165 g/mol. The Morgan fingerprint density at radius 3 is 3.00 bits per heavy atom. The Morgan fingerprint density at radius 2 is 2.33 bits per heavy atom. The van der Waals surface area contributed by atoms with Crippen LogP contribution in [0.25, 0.3) is 0 Å². The van der Waals surface area contributed by atoms with Crippen molar-refractivity contribution in [3.63, 3.8) is 0 Å². The number of hydrogen-bond acceptors (Lipinski definition) is 3. The SMILES string of the molecule is CCNCc1ccncc1NC. The van der Waals surface area contributed by atoms with Gasteiger partial charge in [-0.25, -0.2) is 0 Å². The Morgan fingerprint density at radius 1 is 1.50 bits per heavy atom. The van der Waals surface area contributed by atoms with Crippen LogP contribution < -0.4 is 10.6 Å². The van der Waals surface area contributed by atoms with E-state index < -0.39 is 0 Å². The molecule has 0 fully saturated rings. The first-order valence-corrected chi connectivity index (χ1v) is 4.19. The van der Waals surface area contributed by atoms with Crippen LogP contribution in [-0.4, -0.2) is 18.6 Å². The maximum absolute atomic E-state index is 4.03. The van der Waals surface area contributed by atoms with Crippen LogP contribution in [0.1, 0.15) is 12.5 Å². The Kier molecular flexibility index (Phi) is 3.54. The topological polar surface area (TPSA) is 37.0 Å². The van der Waals surface area contributed by atoms with E-state index in [4.69, 9.17) is 0 Å². The molecule has 2 N–H and O–H groups in total. The van der Waals surface area contributed by atoms with Gasteiger partial charge in [-0.2, -0.15) is 0 Å². The second-order valence-electron chi connectivity index (χ2n) is 2.56. The van der Waals surface area contributed by atoms with Gasteiger partial charge in [0.1, 0.15) is 0 Å². The molecular weight excluding hydrogens is 150 g/mol. The zero-order valence-corrected chi connectivity index (χ0v) is 7.59. The normalized spacial score (nSPS) is 9.83. The van der Waals surface area contributed by atoms with Crippen LogP contribution in [-0.2, 0) is 6.54 Å². The molecule has 1 heterocycles. The fraction of sp³-hybridized carbons (Fsp3) is 0.444. The summed E-state index contributed by atoms with van der Waals surface area (Å²) in [5.41, 5.74) is 2.35. The predicted octanol–water partition coefficient (Wildman–Crippen LogP) is 1.23. The first-order valence-electron chi connectivity index (χ1n) is 4.19. The number of hydrogen-bond donors (Lipinski definition) is 2. The van der Waals surface area contributed by atoms with Crippen molar-refractivity contribution in [3.05, 3.63) is 24.0 Å². The molecule has 0 atom stereocenters. The van der Waals surface area contributed by atoms with Crippen molar-refractivity contribution in [3.8, 4) is 0 Å². The summed E-state index contributed by atoms with van der Waals surface area (Å²) in [6.07, 6.45) is 3.65. The number of nitrogens with zero attached hydrogens (tertiary/aromatic N) is 1. The van der Waals surface area contributed by atoms with Gasteiger partial charge in [-0.15, -0.1) is 0 Å². The molecule has 0 amide bonds. The zero-order valence-electron chi connectivity index (χ0n) is 7.59. The Balaban J connectivity index is 2.68. The van der Waals surface area contributed by atoms with Gasteiger partial charge in [0.05, 0.1) is 11.9 Å². The van der Waals surface area contributed by atoms with E-state index in [1.54, 1.807) is 0 Å². The highest BCUT2D eigenvalue weighted by Gasteiger charge is 1.97. The number of pyridine rings is 1. The third kappa shape index (κ3) is 2.20. The van der Waals surface area contributed by atoms with E-state index in [1.807, 2.05) is 25.5 Å². The molecule has 0 spiro atoms. The highest BCUT2D eigenvalue weighted by atomic mass is 14.9. The van der Waals surface area contributed by atoms with Crippen molar-refractivity contribution in [2.75, 3.05) is 18.9 Å². The molecule has 0 radical (unpaired) electrons. The average Bonchev–Trinajstić information content (AvgIpc) is 2.15. The summed E-state index contributed by atoms with van der Waals surface area (Å²) in [5.74, 6) is 0. The van der Waals surface area contributed by atoms with Crippen molar-refractivity contribution in [2.24, 2.45) is 0 Å². The number of anilines is 1. The van der Waals surface area contributed by atoms with Crippen LogP contribution in [0.4, 0.5) is 5.69 Å². The fourth-order valence-electron chi connectivity index (χ4n) is 1.06. The van der Waals surface area contributed by atoms with Crippen LogP contribution in [0.15, 0.2) is 18.5 Å². The first kappa shape index (κ1) is 9.00. The molecular formula is C9H15N3. The first-order chi connectivity index (χ1) is 5.88. The van der Waals surface area contributed by atoms with Crippen molar-refractivity contribution < 1.29 is 0 Å². The van der Waals surface area contributed by atoms with Gasteiger partial charge in [0.25, 0.3) is 0 Å². The minimum Gasteiger partial charge on any atom is -0.387 e. The third-order valence-corrected chi connectivity index (χ3v) is 1.75. The van der Waals surface area contributed by atoms with E-state index in [-0.39, 0.29) is 0 Å². The summed E-state index contributed by atoms with van der Waals surface area (Å²) in [6.45, 7) is 3.99. The summed E-state index contributed by atoms with van der Waals surface area (Å²) in [6, 6.07) is 2.02. The zero-order chi connectivity index (χ0) is 8.81. The molecule has 0 bridgehead atoms. The minimum atomic E-state index is 0.898. The van der Waals surface area contributed by atoms with E-state index >= 15 is 0 Å².